The highest BCUT2D eigenvalue weighted by Gasteiger charge is 2.27. The van der Waals surface area contributed by atoms with Crippen LogP contribution in [0.15, 0.2) is 35.4 Å². The van der Waals surface area contributed by atoms with Crippen LogP contribution in [-0.2, 0) is 9.53 Å². The van der Waals surface area contributed by atoms with E-state index in [0.717, 1.165) is 42.9 Å². The molecule has 1 unspecified atom stereocenters. The summed E-state index contributed by atoms with van der Waals surface area (Å²) < 4.78 is 11.1. The number of anilines is 1. The molecule has 1 heterocycles. The second-order valence-corrected chi connectivity index (χ2v) is 8.59. The molecular formula is C24H30ClNO4. The number of Topliss-reactive ketones (excluding diaryl/α,β-unsaturated/α-hetero) is 1. The van der Waals surface area contributed by atoms with Gasteiger partial charge >= 0.3 is 0 Å². The van der Waals surface area contributed by atoms with Crippen LogP contribution in [0.25, 0.3) is 0 Å². The summed E-state index contributed by atoms with van der Waals surface area (Å²) in [5.41, 5.74) is 3.24. The molecule has 0 radical (unpaired) electrons. The molecule has 0 bridgehead atoms. The number of ketones is 2. The summed E-state index contributed by atoms with van der Waals surface area (Å²) in [5.74, 6) is 0.296. The highest BCUT2D eigenvalue weighted by atomic mass is 35.5. The van der Waals surface area contributed by atoms with Gasteiger partial charge in [0.15, 0.2) is 17.3 Å². The van der Waals surface area contributed by atoms with Crippen LogP contribution in [0, 0.1) is 5.92 Å². The molecule has 30 heavy (non-hydrogen) atoms. The molecule has 162 valence electrons. The van der Waals surface area contributed by atoms with Crippen molar-refractivity contribution in [1.82, 2.24) is 0 Å². The summed E-state index contributed by atoms with van der Waals surface area (Å²) >= 11 is 6.39. The van der Waals surface area contributed by atoms with Crippen LogP contribution in [-0.4, -0.2) is 45.0 Å². The maximum Gasteiger partial charge on any atom is 0.166 e. The molecule has 0 saturated carbocycles. The molecule has 1 aliphatic heterocycles. The van der Waals surface area contributed by atoms with Gasteiger partial charge in [0.2, 0.25) is 0 Å². The molecule has 1 atom stereocenters. The van der Waals surface area contributed by atoms with Gasteiger partial charge in [-0.1, -0.05) is 23.3 Å². The summed E-state index contributed by atoms with van der Waals surface area (Å²) in [6, 6.07) is 3.81. The van der Waals surface area contributed by atoms with E-state index in [1.807, 2.05) is 33.0 Å². The SMILES string of the molecule is COc1c(C(=O)CCC2C(=O)C=C(C)C=C2C)cc(Cl)cc1N(C)C1CCOCC1. The van der Waals surface area contributed by atoms with Gasteiger partial charge in [-0.25, -0.2) is 0 Å². The van der Waals surface area contributed by atoms with E-state index in [4.69, 9.17) is 21.1 Å². The van der Waals surface area contributed by atoms with Crippen LogP contribution in [0.2, 0.25) is 5.02 Å². The van der Waals surface area contributed by atoms with Gasteiger partial charge < -0.3 is 14.4 Å². The number of carbonyl (C=O) groups excluding carboxylic acids is 2. The van der Waals surface area contributed by atoms with Crippen molar-refractivity contribution in [2.75, 3.05) is 32.3 Å². The second kappa shape index (κ2) is 9.80. The van der Waals surface area contributed by atoms with Crippen LogP contribution < -0.4 is 9.64 Å². The van der Waals surface area contributed by atoms with Crippen molar-refractivity contribution in [3.05, 3.63) is 46.0 Å². The minimum atomic E-state index is -0.243. The number of halogens is 1. The molecule has 3 rings (SSSR count). The van der Waals surface area contributed by atoms with Crippen LogP contribution in [0.1, 0.15) is 49.9 Å². The number of hydrogen-bond acceptors (Lipinski definition) is 5. The van der Waals surface area contributed by atoms with Gasteiger partial charge in [0.05, 0.1) is 18.4 Å². The smallest absolute Gasteiger partial charge is 0.166 e. The Hall–Kier alpha value is -2.11. The number of methoxy groups -OCH3 is 1. The zero-order chi connectivity index (χ0) is 21.8. The average molecular weight is 432 g/mol. The van der Waals surface area contributed by atoms with Crippen LogP contribution in [0.5, 0.6) is 5.75 Å². The van der Waals surface area contributed by atoms with Gasteiger partial charge in [0.25, 0.3) is 0 Å². The highest BCUT2D eigenvalue weighted by Crippen LogP contribution is 2.38. The number of nitrogens with zero attached hydrogens (tertiary/aromatic N) is 1. The van der Waals surface area contributed by atoms with E-state index in [9.17, 15) is 9.59 Å². The summed E-state index contributed by atoms with van der Waals surface area (Å²) in [4.78, 5) is 27.6. The van der Waals surface area contributed by atoms with Crippen molar-refractivity contribution in [2.24, 2.45) is 5.92 Å². The normalized spacial score (nSPS) is 19.9. The third kappa shape index (κ3) is 4.96. The maximum absolute atomic E-state index is 13.1. The molecular weight excluding hydrogens is 402 g/mol. The molecule has 1 aliphatic carbocycles. The fraction of sp³-hybridized carbons (Fsp3) is 0.500. The predicted octanol–water partition coefficient (Wildman–Crippen LogP) is 5.02. The lowest BCUT2D eigenvalue weighted by atomic mass is 9.84. The van der Waals surface area contributed by atoms with Crippen LogP contribution >= 0.6 is 11.6 Å². The number of ether oxygens (including phenoxy) is 2. The molecule has 6 heteroatoms. The van der Waals surface area contributed by atoms with Crippen LogP contribution in [0.4, 0.5) is 5.69 Å². The van der Waals surface area contributed by atoms with Crippen molar-refractivity contribution in [3.63, 3.8) is 0 Å². The number of hydrogen-bond donors (Lipinski definition) is 0. The molecule has 0 aromatic heterocycles. The molecule has 1 aromatic rings. The first-order valence-corrected chi connectivity index (χ1v) is 10.8. The molecule has 0 spiro atoms. The van der Waals surface area contributed by atoms with Crippen molar-refractivity contribution in [1.29, 1.82) is 0 Å². The van der Waals surface area contributed by atoms with Gasteiger partial charge in [-0.05, 0) is 56.9 Å². The Labute approximate surface area is 183 Å². The zero-order valence-corrected chi connectivity index (χ0v) is 18.9. The molecule has 1 saturated heterocycles. The van der Waals surface area contributed by atoms with E-state index in [-0.39, 0.29) is 23.9 Å². The Morgan fingerprint density at radius 3 is 2.57 bits per heavy atom. The standard InChI is InChI=1S/C24H30ClNO4/c1-15-11-16(2)19(23(28)12-15)5-6-22(27)20-13-17(25)14-21(24(20)29-4)26(3)18-7-9-30-10-8-18/h11-14,18-19H,5-10H2,1-4H3. The van der Waals surface area contributed by atoms with Crippen molar-refractivity contribution < 1.29 is 19.1 Å². The predicted molar refractivity (Wildman–Crippen MR) is 120 cm³/mol. The monoisotopic (exact) mass is 431 g/mol. The van der Waals surface area contributed by atoms with E-state index >= 15 is 0 Å². The summed E-state index contributed by atoms with van der Waals surface area (Å²) in [6.07, 6.45) is 6.23. The zero-order valence-electron chi connectivity index (χ0n) is 18.2. The summed E-state index contributed by atoms with van der Waals surface area (Å²) in [6.45, 7) is 5.31. The largest absolute Gasteiger partial charge is 0.494 e. The third-order valence-electron chi connectivity index (χ3n) is 6.04. The fourth-order valence-corrected chi connectivity index (χ4v) is 4.58. The minimum Gasteiger partial charge on any atom is -0.494 e. The van der Waals surface area contributed by atoms with Crippen molar-refractivity contribution in [2.45, 2.75) is 45.6 Å². The average Bonchev–Trinajstić information content (AvgIpc) is 2.72. The Kier molecular flexibility index (Phi) is 7.37. The summed E-state index contributed by atoms with van der Waals surface area (Å²) in [7, 11) is 3.58. The Morgan fingerprint density at radius 1 is 1.23 bits per heavy atom. The molecule has 2 aliphatic rings. The Morgan fingerprint density at radius 2 is 1.93 bits per heavy atom. The van der Waals surface area contributed by atoms with Gasteiger partial charge in [0.1, 0.15) is 0 Å². The van der Waals surface area contributed by atoms with E-state index in [1.54, 1.807) is 19.3 Å². The van der Waals surface area contributed by atoms with Gasteiger partial charge in [0, 0.05) is 43.7 Å². The van der Waals surface area contributed by atoms with E-state index in [0.29, 0.717) is 28.8 Å². The van der Waals surface area contributed by atoms with Gasteiger partial charge in [-0.3, -0.25) is 9.59 Å². The molecule has 5 nitrogen and oxygen atoms in total. The quantitative estimate of drug-likeness (QED) is 0.567. The minimum absolute atomic E-state index is 0.0668. The van der Waals surface area contributed by atoms with Crippen LogP contribution in [0.3, 0.4) is 0 Å². The number of allylic oxidation sites excluding steroid dienone is 4. The van der Waals surface area contributed by atoms with Gasteiger partial charge in [-0.15, -0.1) is 0 Å². The highest BCUT2D eigenvalue weighted by molar-refractivity contribution is 6.31. The van der Waals surface area contributed by atoms with E-state index in [1.165, 1.54) is 0 Å². The number of benzene rings is 1. The maximum atomic E-state index is 13.1. The third-order valence-corrected chi connectivity index (χ3v) is 6.25. The second-order valence-electron chi connectivity index (χ2n) is 8.15. The number of rotatable bonds is 7. The molecule has 1 aromatic carbocycles. The topological polar surface area (TPSA) is 55.8 Å². The molecule has 0 N–H and O–H groups in total. The number of carbonyl (C=O) groups is 2. The van der Waals surface area contributed by atoms with Crippen molar-refractivity contribution in [3.8, 4) is 5.75 Å². The first-order valence-electron chi connectivity index (χ1n) is 10.4. The Bertz CT molecular complexity index is 883. The lowest BCUT2D eigenvalue weighted by molar-refractivity contribution is -0.117. The lowest BCUT2D eigenvalue weighted by Crippen LogP contribution is -2.37. The van der Waals surface area contributed by atoms with E-state index in [2.05, 4.69) is 4.90 Å². The first-order chi connectivity index (χ1) is 14.3. The summed E-state index contributed by atoms with van der Waals surface area (Å²) in [5, 5.41) is 0.497. The van der Waals surface area contributed by atoms with Gasteiger partial charge in [-0.2, -0.15) is 0 Å². The van der Waals surface area contributed by atoms with E-state index < -0.39 is 0 Å². The molecule has 0 amide bonds. The lowest BCUT2D eigenvalue weighted by Gasteiger charge is -2.34. The fourth-order valence-electron chi connectivity index (χ4n) is 4.36. The van der Waals surface area contributed by atoms with Crippen molar-refractivity contribution >= 4 is 28.9 Å². The Balaban J connectivity index is 1.81. The molecule has 1 fully saturated rings. The first kappa shape index (κ1) is 22.6.